The van der Waals surface area contributed by atoms with Crippen molar-refractivity contribution in [2.24, 2.45) is 5.92 Å². The molecule has 1 heterocycles. The highest BCUT2D eigenvalue weighted by Gasteiger charge is 2.26. The molecular formula is C15H30N2O. The van der Waals surface area contributed by atoms with Gasteiger partial charge in [0.2, 0.25) is 5.91 Å². The Morgan fingerprint density at radius 1 is 1.28 bits per heavy atom. The zero-order valence-electron chi connectivity index (χ0n) is 12.4. The SMILES string of the molecule is CNC1CCCN(CCCCCCC(C)C)C1=O. The third-order valence-corrected chi connectivity index (χ3v) is 3.84. The van der Waals surface area contributed by atoms with Gasteiger partial charge in [-0.15, -0.1) is 0 Å². The van der Waals surface area contributed by atoms with E-state index in [1.807, 2.05) is 11.9 Å². The van der Waals surface area contributed by atoms with Crippen molar-refractivity contribution >= 4 is 5.91 Å². The van der Waals surface area contributed by atoms with Crippen LogP contribution in [0.3, 0.4) is 0 Å². The molecular weight excluding hydrogens is 224 g/mol. The molecule has 18 heavy (non-hydrogen) atoms. The number of nitrogens with one attached hydrogen (secondary N) is 1. The molecule has 0 saturated carbocycles. The van der Waals surface area contributed by atoms with E-state index in [4.69, 9.17) is 0 Å². The minimum atomic E-state index is 0.0692. The first-order valence-electron chi connectivity index (χ1n) is 7.61. The van der Waals surface area contributed by atoms with Gasteiger partial charge in [-0.2, -0.15) is 0 Å². The largest absolute Gasteiger partial charge is 0.341 e. The molecule has 3 nitrogen and oxygen atoms in total. The summed E-state index contributed by atoms with van der Waals surface area (Å²) in [6.45, 7) is 6.48. The molecule has 1 amide bonds. The average Bonchev–Trinajstić information content (AvgIpc) is 2.35. The van der Waals surface area contributed by atoms with Crippen molar-refractivity contribution < 1.29 is 4.79 Å². The Kier molecular flexibility index (Phi) is 7.33. The summed E-state index contributed by atoms with van der Waals surface area (Å²) in [5, 5.41) is 3.12. The van der Waals surface area contributed by atoms with E-state index in [1.54, 1.807) is 0 Å². The molecule has 0 aromatic carbocycles. The number of unbranched alkanes of at least 4 members (excludes halogenated alkanes) is 3. The van der Waals surface area contributed by atoms with Crippen molar-refractivity contribution in [2.45, 2.75) is 64.8 Å². The standard InChI is InChI=1S/C15H30N2O/c1-13(2)9-6-4-5-7-11-17-12-8-10-14(16-3)15(17)18/h13-14,16H,4-12H2,1-3H3. The van der Waals surface area contributed by atoms with Crippen LogP contribution >= 0.6 is 0 Å². The molecule has 3 heteroatoms. The Morgan fingerprint density at radius 3 is 2.67 bits per heavy atom. The predicted molar refractivity (Wildman–Crippen MR) is 76.6 cm³/mol. The van der Waals surface area contributed by atoms with Crippen LogP contribution in [0.15, 0.2) is 0 Å². The molecule has 0 aromatic rings. The topological polar surface area (TPSA) is 32.3 Å². The van der Waals surface area contributed by atoms with Crippen LogP contribution in [0.25, 0.3) is 0 Å². The van der Waals surface area contributed by atoms with Crippen LogP contribution in [-0.4, -0.2) is 37.0 Å². The van der Waals surface area contributed by atoms with E-state index >= 15 is 0 Å². The number of hydrogen-bond acceptors (Lipinski definition) is 2. The fourth-order valence-corrected chi connectivity index (χ4v) is 2.64. The first kappa shape index (κ1) is 15.5. The molecule has 106 valence electrons. The zero-order chi connectivity index (χ0) is 13.4. The van der Waals surface area contributed by atoms with Crippen molar-refractivity contribution in [3.05, 3.63) is 0 Å². The molecule has 1 N–H and O–H groups in total. The van der Waals surface area contributed by atoms with Gasteiger partial charge in [0.15, 0.2) is 0 Å². The van der Waals surface area contributed by atoms with Gasteiger partial charge in [-0.05, 0) is 32.2 Å². The van der Waals surface area contributed by atoms with Gasteiger partial charge in [-0.3, -0.25) is 4.79 Å². The number of carbonyl (C=O) groups excluding carboxylic acids is 1. The average molecular weight is 254 g/mol. The number of piperidine rings is 1. The summed E-state index contributed by atoms with van der Waals surface area (Å²) in [4.78, 5) is 14.1. The van der Waals surface area contributed by atoms with E-state index in [0.717, 1.165) is 31.8 Å². The molecule has 1 saturated heterocycles. The van der Waals surface area contributed by atoms with Gasteiger partial charge in [0, 0.05) is 13.1 Å². The monoisotopic (exact) mass is 254 g/mol. The lowest BCUT2D eigenvalue weighted by Gasteiger charge is -2.32. The second-order valence-electron chi connectivity index (χ2n) is 5.91. The minimum absolute atomic E-state index is 0.0692. The normalized spacial score (nSPS) is 20.8. The third-order valence-electron chi connectivity index (χ3n) is 3.84. The van der Waals surface area contributed by atoms with E-state index < -0.39 is 0 Å². The van der Waals surface area contributed by atoms with Crippen LogP contribution in [0, 0.1) is 5.92 Å². The predicted octanol–water partition coefficient (Wildman–Crippen LogP) is 2.80. The van der Waals surface area contributed by atoms with Crippen molar-refractivity contribution in [2.75, 3.05) is 20.1 Å². The second kappa shape index (κ2) is 8.52. The van der Waals surface area contributed by atoms with Gasteiger partial charge in [0.1, 0.15) is 0 Å². The zero-order valence-corrected chi connectivity index (χ0v) is 12.4. The Labute approximate surface area is 112 Å². The fourth-order valence-electron chi connectivity index (χ4n) is 2.64. The smallest absolute Gasteiger partial charge is 0.239 e. The van der Waals surface area contributed by atoms with Crippen LogP contribution in [0.2, 0.25) is 0 Å². The lowest BCUT2D eigenvalue weighted by molar-refractivity contribution is -0.135. The van der Waals surface area contributed by atoms with Gasteiger partial charge in [0.05, 0.1) is 6.04 Å². The molecule has 0 aliphatic carbocycles. The molecule has 1 fully saturated rings. The number of carbonyl (C=O) groups is 1. The Bertz CT molecular complexity index is 241. The second-order valence-corrected chi connectivity index (χ2v) is 5.91. The highest BCUT2D eigenvalue weighted by atomic mass is 16.2. The summed E-state index contributed by atoms with van der Waals surface area (Å²) < 4.78 is 0. The van der Waals surface area contributed by atoms with Crippen molar-refractivity contribution in [1.82, 2.24) is 10.2 Å². The molecule has 1 atom stereocenters. The van der Waals surface area contributed by atoms with Crippen molar-refractivity contribution in [3.63, 3.8) is 0 Å². The summed E-state index contributed by atoms with van der Waals surface area (Å²) in [7, 11) is 1.89. The summed E-state index contributed by atoms with van der Waals surface area (Å²) in [6.07, 6.45) is 8.57. The lowest BCUT2D eigenvalue weighted by atomic mass is 10.0. The summed E-state index contributed by atoms with van der Waals surface area (Å²) in [5.41, 5.74) is 0. The maximum Gasteiger partial charge on any atom is 0.239 e. The molecule has 0 bridgehead atoms. The van der Waals surface area contributed by atoms with Gasteiger partial charge in [-0.1, -0.05) is 39.5 Å². The van der Waals surface area contributed by atoms with Crippen LogP contribution in [-0.2, 0) is 4.79 Å². The maximum atomic E-state index is 12.0. The number of hydrogen-bond donors (Lipinski definition) is 1. The van der Waals surface area contributed by atoms with E-state index in [1.165, 1.54) is 32.1 Å². The Hall–Kier alpha value is -0.570. The van der Waals surface area contributed by atoms with E-state index in [0.29, 0.717) is 5.91 Å². The van der Waals surface area contributed by atoms with E-state index in [9.17, 15) is 4.79 Å². The molecule has 1 rings (SSSR count). The van der Waals surface area contributed by atoms with Crippen molar-refractivity contribution in [1.29, 1.82) is 0 Å². The van der Waals surface area contributed by atoms with Gasteiger partial charge < -0.3 is 10.2 Å². The highest BCUT2D eigenvalue weighted by Crippen LogP contribution is 2.14. The van der Waals surface area contributed by atoms with Crippen LogP contribution < -0.4 is 5.32 Å². The molecule has 0 radical (unpaired) electrons. The number of likely N-dealkylation sites (tertiary alicyclic amines) is 1. The van der Waals surface area contributed by atoms with Gasteiger partial charge in [0.25, 0.3) is 0 Å². The number of nitrogens with zero attached hydrogens (tertiary/aromatic N) is 1. The minimum Gasteiger partial charge on any atom is -0.341 e. The van der Waals surface area contributed by atoms with Crippen LogP contribution in [0.4, 0.5) is 0 Å². The van der Waals surface area contributed by atoms with Crippen molar-refractivity contribution in [3.8, 4) is 0 Å². The van der Waals surface area contributed by atoms with Gasteiger partial charge >= 0.3 is 0 Å². The summed E-state index contributed by atoms with van der Waals surface area (Å²) in [6, 6.07) is 0.0692. The Morgan fingerprint density at radius 2 is 2.00 bits per heavy atom. The first-order valence-corrected chi connectivity index (χ1v) is 7.61. The molecule has 1 unspecified atom stereocenters. The van der Waals surface area contributed by atoms with Crippen LogP contribution in [0.1, 0.15) is 58.8 Å². The maximum absolute atomic E-state index is 12.0. The molecule has 1 aliphatic heterocycles. The Balaban J connectivity index is 2.09. The summed E-state index contributed by atoms with van der Waals surface area (Å²) in [5.74, 6) is 1.14. The quantitative estimate of drug-likeness (QED) is 0.676. The number of amides is 1. The van der Waals surface area contributed by atoms with E-state index in [2.05, 4.69) is 19.2 Å². The fraction of sp³-hybridized carbons (Fsp3) is 0.933. The van der Waals surface area contributed by atoms with E-state index in [-0.39, 0.29) is 6.04 Å². The number of rotatable bonds is 8. The first-order chi connectivity index (χ1) is 8.65. The summed E-state index contributed by atoms with van der Waals surface area (Å²) >= 11 is 0. The highest BCUT2D eigenvalue weighted by molar-refractivity contribution is 5.82. The van der Waals surface area contributed by atoms with Crippen LogP contribution in [0.5, 0.6) is 0 Å². The third kappa shape index (κ3) is 5.38. The molecule has 1 aliphatic rings. The molecule has 0 aromatic heterocycles. The lowest BCUT2D eigenvalue weighted by Crippen LogP contribution is -2.49. The molecule has 0 spiro atoms. The van der Waals surface area contributed by atoms with Gasteiger partial charge in [-0.25, -0.2) is 0 Å². The number of likely N-dealkylation sites (N-methyl/N-ethyl adjacent to an activating group) is 1.